The zero-order chi connectivity index (χ0) is 21.0. The third-order valence-electron chi connectivity index (χ3n) is 4.23. The first-order chi connectivity index (χ1) is 12.5. The van der Waals surface area contributed by atoms with E-state index in [0.717, 1.165) is 6.42 Å². The van der Waals surface area contributed by atoms with E-state index in [-0.39, 0.29) is 37.5 Å². The Morgan fingerprint density at radius 2 is 1.78 bits per heavy atom. The van der Waals surface area contributed by atoms with Gasteiger partial charge in [0, 0.05) is 25.9 Å². The molecule has 158 valence electrons. The molecule has 0 spiro atoms. The van der Waals surface area contributed by atoms with E-state index in [9.17, 15) is 23.8 Å². The highest BCUT2D eigenvalue weighted by atomic mass is 31.2. The summed E-state index contributed by atoms with van der Waals surface area (Å²) in [6.07, 6.45) is 1.47. The van der Waals surface area contributed by atoms with Gasteiger partial charge in [-0.3, -0.25) is 14.2 Å². The summed E-state index contributed by atoms with van der Waals surface area (Å²) in [4.78, 5) is 45.0. The zero-order valence-electron chi connectivity index (χ0n) is 16.6. The summed E-state index contributed by atoms with van der Waals surface area (Å²) in [7, 11) is -1.55. The molecular weight excluding hydrogens is 373 g/mol. The first kappa shape index (κ1) is 25.4. The van der Waals surface area contributed by atoms with Gasteiger partial charge in [0.05, 0.1) is 6.04 Å². The molecule has 7 N–H and O–H groups in total. The highest BCUT2D eigenvalue weighted by Crippen LogP contribution is 2.33. The average Bonchev–Trinajstić information content (AvgIpc) is 2.56. The molecule has 0 aliphatic rings. The Hall–Kier alpha value is -1.64. The Balaban J connectivity index is 4.89. The minimum absolute atomic E-state index is 0.0375. The molecule has 0 aliphatic carbocycles. The normalized spacial score (nSPS) is 16.5. The molecule has 0 saturated carbocycles. The molecule has 0 aromatic heterocycles. The van der Waals surface area contributed by atoms with E-state index < -0.39 is 31.4 Å². The number of carbonyl (C=O) groups is 3. The van der Waals surface area contributed by atoms with Gasteiger partial charge in [-0.2, -0.15) is 0 Å². The van der Waals surface area contributed by atoms with Crippen molar-refractivity contribution >= 4 is 25.2 Å². The van der Waals surface area contributed by atoms with Crippen LogP contribution in [0.1, 0.15) is 33.1 Å². The van der Waals surface area contributed by atoms with Gasteiger partial charge in [-0.25, -0.2) is 4.79 Å². The smallest absolute Gasteiger partial charge is 0.312 e. The number of nitrogens with one attached hydrogen (secondary N) is 4. The second-order valence-electron chi connectivity index (χ2n) is 6.71. The molecule has 0 heterocycles. The number of carbonyl (C=O) groups excluding carboxylic acids is 3. The molecule has 0 fully saturated rings. The van der Waals surface area contributed by atoms with Crippen LogP contribution in [0.25, 0.3) is 0 Å². The summed E-state index contributed by atoms with van der Waals surface area (Å²) in [5, 5.41) is 10.7. The van der Waals surface area contributed by atoms with E-state index in [4.69, 9.17) is 5.73 Å². The molecule has 0 rings (SSSR count). The minimum Gasteiger partial charge on any atom is -0.354 e. The van der Waals surface area contributed by atoms with Gasteiger partial charge in [-0.15, -0.1) is 0 Å². The third-order valence-corrected chi connectivity index (χ3v) is 5.29. The number of hydrogen-bond donors (Lipinski definition) is 6. The predicted molar refractivity (Wildman–Crippen MR) is 105 cm³/mol. The molecule has 0 radical (unpaired) electrons. The van der Waals surface area contributed by atoms with Gasteiger partial charge in [0.15, 0.2) is 7.37 Å². The topological polar surface area (TPSA) is 163 Å². The second-order valence-corrected chi connectivity index (χ2v) is 9.26. The van der Waals surface area contributed by atoms with Crippen molar-refractivity contribution in [3.63, 3.8) is 0 Å². The van der Waals surface area contributed by atoms with Crippen molar-refractivity contribution in [1.29, 1.82) is 0 Å². The standard InChI is InChI=1S/C16H34N5O5P/c1-5-11(2)13(18-3)15(23)21-12(7-6-8-20-16(17)24)14(22)19-9-10-27(4,25)26/h11-13,18H,5-10H2,1-4H3,(H,19,22)(H,21,23)(H,25,26)(H3,17,20,24)/t11?,12-,13-/m0/s1. The summed E-state index contributed by atoms with van der Waals surface area (Å²) in [6, 6.07) is -1.92. The lowest BCUT2D eigenvalue weighted by Crippen LogP contribution is -2.54. The van der Waals surface area contributed by atoms with E-state index in [1.165, 1.54) is 6.66 Å². The van der Waals surface area contributed by atoms with Crippen molar-refractivity contribution in [3.8, 4) is 0 Å². The van der Waals surface area contributed by atoms with Crippen molar-refractivity contribution in [1.82, 2.24) is 21.3 Å². The van der Waals surface area contributed by atoms with Gasteiger partial charge in [0.2, 0.25) is 11.8 Å². The zero-order valence-corrected chi connectivity index (χ0v) is 17.5. The van der Waals surface area contributed by atoms with E-state index in [1.807, 2.05) is 13.8 Å². The summed E-state index contributed by atoms with van der Waals surface area (Å²) in [6.45, 7) is 5.44. The van der Waals surface area contributed by atoms with Crippen LogP contribution in [0.3, 0.4) is 0 Å². The van der Waals surface area contributed by atoms with Gasteiger partial charge in [0.1, 0.15) is 6.04 Å². The Bertz CT molecular complexity index is 539. The van der Waals surface area contributed by atoms with E-state index >= 15 is 0 Å². The van der Waals surface area contributed by atoms with Crippen LogP contribution < -0.4 is 27.0 Å². The summed E-state index contributed by atoms with van der Waals surface area (Å²) in [5.74, 6) is -0.649. The highest BCUT2D eigenvalue weighted by molar-refractivity contribution is 7.57. The monoisotopic (exact) mass is 407 g/mol. The largest absolute Gasteiger partial charge is 0.354 e. The first-order valence-electron chi connectivity index (χ1n) is 9.09. The average molecular weight is 407 g/mol. The van der Waals surface area contributed by atoms with E-state index in [0.29, 0.717) is 6.42 Å². The molecule has 0 saturated heterocycles. The molecule has 10 nitrogen and oxygen atoms in total. The van der Waals surface area contributed by atoms with Crippen LogP contribution in [-0.4, -0.2) is 67.8 Å². The Labute approximate surface area is 160 Å². The number of primary amides is 1. The summed E-state index contributed by atoms with van der Waals surface area (Å²) < 4.78 is 11.3. The third kappa shape index (κ3) is 11.6. The molecular formula is C16H34N5O5P. The van der Waals surface area contributed by atoms with Crippen LogP contribution in [0.2, 0.25) is 0 Å². The maximum atomic E-state index is 12.5. The molecule has 27 heavy (non-hydrogen) atoms. The van der Waals surface area contributed by atoms with E-state index in [2.05, 4.69) is 21.3 Å². The molecule has 11 heteroatoms. The SMILES string of the molecule is CCC(C)[C@H](NC)C(=O)N[C@@H](CCCNC(N)=O)C(=O)NCCP(C)(=O)O. The van der Waals surface area contributed by atoms with Crippen LogP contribution >= 0.6 is 7.37 Å². The maximum absolute atomic E-state index is 12.5. The van der Waals surface area contributed by atoms with Gasteiger partial charge in [-0.1, -0.05) is 20.3 Å². The Kier molecular flexibility index (Phi) is 11.9. The summed E-state index contributed by atoms with van der Waals surface area (Å²) in [5.41, 5.74) is 5.01. The van der Waals surface area contributed by atoms with Crippen molar-refractivity contribution in [2.75, 3.05) is 33.0 Å². The number of nitrogens with two attached hydrogens (primary N) is 1. The lowest BCUT2D eigenvalue weighted by Gasteiger charge is -2.25. The van der Waals surface area contributed by atoms with Crippen LogP contribution in [0.5, 0.6) is 0 Å². The number of likely N-dealkylation sites (N-methyl/N-ethyl adjacent to an activating group) is 1. The predicted octanol–water partition coefficient (Wildman–Crippen LogP) is -0.430. The van der Waals surface area contributed by atoms with Crippen LogP contribution in [0, 0.1) is 5.92 Å². The number of amides is 4. The van der Waals surface area contributed by atoms with Gasteiger partial charge >= 0.3 is 6.03 Å². The van der Waals surface area contributed by atoms with Gasteiger partial charge < -0.3 is 31.9 Å². The summed E-state index contributed by atoms with van der Waals surface area (Å²) >= 11 is 0. The van der Waals surface area contributed by atoms with Crippen molar-refractivity contribution in [3.05, 3.63) is 0 Å². The lowest BCUT2D eigenvalue weighted by atomic mass is 9.98. The van der Waals surface area contributed by atoms with Crippen LogP contribution in [0.15, 0.2) is 0 Å². The number of rotatable bonds is 13. The van der Waals surface area contributed by atoms with Gasteiger partial charge in [0.25, 0.3) is 0 Å². The highest BCUT2D eigenvalue weighted by Gasteiger charge is 2.27. The molecule has 0 aliphatic heterocycles. The van der Waals surface area contributed by atoms with Crippen LogP contribution in [-0.2, 0) is 14.2 Å². The number of urea groups is 1. The fraction of sp³-hybridized carbons (Fsp3) is 0.812. The van der Waals surface area contributed by atoms with Gasteiger partial charge in [-0.05, 0) is 25.8 Å². The number of hydrogen-bond acceptors (Lipinski definition) is 5. The first-order valence-corrected chi connectivity index (χ1v) is 11.4. The second kappa shape index (κ2) is 12.7. The van der Waals surface area contributed by atoms with Crippen molar-refractivity contribution in [2.24, 2.45) is 11.7 Å². The molecule has 4 amide bonds. The maximum Gasteiger partial charge on any atom is 0.312 e. The fourth-order valence-electron chi connectivity index (χ4n) is 2.47. The van der Waals surface area contributed by atoms with Crippen molar-refractivity contribution < 1.29 is 23.8 Å². The fourth-order valence-corrected chi connectivity index (χ4v) is 2.99. The molecule has 0 aromatic carbocycles. The molecule has 0 bridgehead atoms. The Morgan fingerprint density at radius 3 is 2.26 bits per heavy atom. The molecule has 4 atom stereocenters. The molecule has 0 aromatic rings. The Morgan fingerprint density at radius 1 is 1.15 bits per heavy atom. The minimum atomic E-state index is -3.23. The van der Waals surface area contributed by atoms with Crippen molar-refractivity contribution in [2.45, 2.75) is 45.2 Å². The lowest BCUT2D eigenvalue weighted by molar-refractivity contribution is -0.130. The van der Waals surface area contributed by atoms with Crippen LogP contribution in [0.4, 0.5) is 4.79 Å². The molecule has 2 unspecified atom stereocenters. The quantitative estimate of drug-likeness (QED) is 0.179. The van der Waals surface area contributed by atoms with E-state index in [1.54, 1.807) is 7.05 Å².